The Morgan fingerprint density at radius 3 is 2.33 bits per heavy atom. The smallest absolute Gasteiger partial charge is 0.264 e. The Morgan fingerprint density at radius 1 is 1.04 bits per heavy atom. The third-order valence-electron chi connectivity index (χ3n) is 3.74. The molecule has 2 aromatic carbocycles. The van der Waals surface area contributed by atoms with Gasteiger partial charge in [-0.2, -0.15) is 0 Å². The molecule has 6 nitrogen and oxygen atoms in total. The largest absolute Gasteiger partial charge is 0.497 e. The molecule has 2 aromatic rings. The molecule has 0 spiro atoms. The molecular formula is C19H17ClN2O4S. The fraction of sp³-hybridized carbons (Fsp3) is 0.158. The van der Waals surface area contributed by atoms with Gasteiger partial charge in [-0.15, -0.1) is 0 Å². The molecular weight excluding hydrogens is 388 g/mol. The highest BCUT2D eigenvalue weighted by Gasteiger charge is 2.24. The van der Waals surface area contributed by atoms with E-state index >= 15 is 0 Å². The Balaban J connectivity index is 1.85. The van der Waals surface area contributed by atoms with Crippen molar-refractivity contribution >= 4 is 46.2 Å². The number of halogens is 1. The Hall–Kier alpha value is -2.64. The number of nitrogens with zero attached hydrogens (tertiary/aromatic N) is 1. The molecule has 140 valence electrons. The predicted molar refractivity (Wildman–Crippen MR) is 108 cm³/mol. The van der Waals surface area contributed by atoms with E-state index in [-0.39, 0.29) is 5.91 Å². The summed E-state index contributed by atoms with van der Waals surface area (Å²) in [5.74, 6) is 1.56. The maximum atomic E-state index is 12.3. The molecule has 0 radical (unpaired) electrons. The molecule has 1 aliphatic rings. The first-order chi connectivity index (χ1) is 13.0. The number of hydrogen-bond acceptors (Lipinski definition) is 6. The van der Waals surface area contributed by atoms with Crippen molar-refractivity contribution in [3.05, 3.63) is 51.9 Å². The van der Waals surface area contributed by atoms with E-state index in [1.54, 1.807) is 44.6 Å². The highest BCUT2D eigenvalue weighted by atomic mass is 35.5. The Bertz CT molecular complexity index is 926. The van der Waals surface area contributed by atoms with Crippen molar-refractivity contribution in [2.45, 2.75) is 0 Å². The maximum absolute atomic E-state index is 12.3. The highest BCUT2D eigenvalue weighted by molar-refractivity contribution is 8.18. The zero-order valence-corrected chi connectivity index (χ0v) is 16.5. The number of thioether (sulfide) groups is 1. The van der Waals surface area contributed by atoms with Crippen molar-refractivity contribution in [1.82, 2.24) is 5.32 Å². The van der Waals surface area contributed by atoms with Gasteiger partial charge in [0.2, 0.25) is 0 Å². The maximum Gasteiger partial charge on any atom is 0.264 e. The van der Waals surface area contributed by atoms with Crippen molar-refractivity contribution < 1.29 is 19.0 Å². The van der Waals surface area contributed by atoms with Crippen LogP contribution in [0, 0.1) is 0 Å². The number of carbonyl (C=O) groups excluding carboxylic acids is 1. The average molecular weight is 405 g/mol. The van der Waals surface area contributed by atoms with Crippen LogP contribution < -0.4 is 19.5 Å². The fourth-order valence-electron chi connectivity index (χ4n) is 2.38. The van der Waals surface area contributed by atoms with Crippen molar-refractivity contribution in [1.29, 1.82) is 0 Å². The molecule has 1 heterocycles. The van der Waals surface area contributed by atoms with E-state index in [9.17, 15) is 4.79 Å². The minimum Gasteiger partial charge on any atom is -0.497 e. The summed E-state index contributed by atoms with van der Waals surface area (Å²) < 4.78 is 15.6. The number of benzene rings is 2. The minimum atomic E-state index is -0.238. The molecule has 0 aliphatic carbocycles. The molecule has 1 fully saturated rings. The molecule has 0 saturated carbocycles. The van der Waals surface area contributed by atoms with E-state index in [4.69, 9.17) is 25.8 Å². The van der Waals surface area contributed by atoms with Gasteiger partial charge in [-0.1, -0.05) is 11.6 Å². The van der Waals surface area contributed by atoms with Crippen LogP contribution in [0.5, 0.6) is 17.2 Å². The summed E-state index contributed by atoms with van der Waals surface area (Å²) in [4.78, 5) is 17.2. The first-order valence-corrected chi connectivity index (χ1v) is 9.08. The van der Waals surface area contributed by atoms with E-state index < -0.39 is 0 Å². The number of amides is 1. The third-order valence-corrected chi connectivity index (χ3v) is 4.98. The molecule has 0 aromatic heterocycles. The van der Waals surface area contributed by atoms with Crippen molar-refractivity contribution in [2.75, 3.05) is 21.3 Å². The number of ether oxygens (including phenoxy) is 3. The van der Waals surface area contributed by atoms with E-state index in [0.29, 0.717) is 37.8 Å². The summed E-state index contributed by atoms with van der Waals surface area (Å²) in [5.41, 5.74) is 1.36. The lowest BCUT2D eigenvalue weighted by molar-refractivity contribution is -0.115. The van der Waals surface area contributed by atoms with Crippen LogP contribution in [0.25, 0.3) is 6.08 Å². The molecule has 1 amide bonds. The highest BCUT2D eigenvalue weighted by Crippen LogP contribution is 2.36. The average Bonchev–Trinajstić information content (AvgIpc) is 3.02. The molecule has 1 saturated heterocycles. The van der Waals surface area contributed by atoms with Gasteiger partial charge in [0, 0.05) is 6.07 Å². The van der Waals surface area contributed by atoms with Crippen LogP contribution in [0.3, 0.4) is 0 Å². The van der Waals surface area contributed by atoms with Crippen molar-refractivity contribution in [3.63, 3.8) is 0 Å². The molecule has 0 atom stereocenters. The van der Waals surface area contributed by atoms with Crippen LogP contribution in [-0.2, 0) is 4.79 Å². The zero-order chi connectivity index (χ0) is 19.4. The second kappa shape index (κ2) is 8.37. The number of hydrogen-bond donors (Lipinski definition) is 1. The standard InChI is InChI=1S/C19H17ClN2O4S/c1-24-13-6-4-12(5-7-13)21-19-22-18(23)17(27-19)9-11-8-15(25-2)16(26-3)10-14(11)20/h4-10H,1-3H3,(H,21,22,23)/b17-9-. The fourth-order valence-corrected chi connectivity index (χ4v) is 3.42. The molecule has 27 heavy (non-hydrogen) atoms. The van der Waals surface area contributed by atoms with Crippen LogP contribution in [-0.4, -0.2) is 32.4 Å². The summed E-state index contributed by atoms with van der Waals surface area (Å²) >= 11 is 7.53. The lowest BCUT2D eigenvalue weighted by Crippen LogP contribution is -2.19. The molecule has 0 unspecified atom stereocenters. The van der Waals surface area contributed by atoms with Crippen LogP contribution >= 0.6 is 23.4 Å². The van der Waals surface area contributed by atoms with Gasteiger partial charge in [0.25, 0.3) is 5.91 Å². The van der Waals surface area contributed by atoms with Crippen molar-refractivity contribution in [3.8, 4) is 17.2 Å². The van der Waals surface area contributed by atoms with Gasteiger partial charge in [-0.25, -0.2) is 4.99 Å². The number of rotatable bonds is 5. The molecule has 8 heteroatoms. The van der Waals surface area contributed by atoms with Crippen LogP contribution in [0.1, 0.15) is 5.56 Å². The molecule has 1 aliphatic heterocycles. The monoisotopic (exact) mass is 404 g/mol. The number of amidine groups is 1. The van der Waals surface area contributed by atoms with Crippen molar-refractivity contribution in [2.24, 2.45) is 4.99 Å². The van der Waals surface area contributed by atoms with Gasteiger partial charge in [0.15, 0.2) is 16.7 Å². The van der Waals surface area contributed by atoms with Gasteiger partial charge in [0.05, 0.1) is 36.9 Å². The third kappa shape index (κ3) is 4.37. The second-order valence-corrected chi connectivity index (χ2v) is 6.85. The normalized spacial score (nSPS) is 16.5. The number of nitrogens with one attached hydrogen (secondary N) is 1. The minimum absolute atomic E-state index is 0.238. The summed E-state index contributed by atoms with van der Waals surface area (Å²) in [6, 6.07) is 10.6. The number of methoxy groups -OCH3 is 3. The molecule has 1 N–H and O–H groups in total. The lowest BCUT2D eigenvalue weighted by Gasteiger charge is -2.09. The Morgan fingerprint density at radius 2 is 1.70 bits per heavy atom. The van der Waals surface area contributed by atoms with Gasteiger partial charge in [-0.3, -0.25) is 4.79 Å². The molecule has 0 bridgehead atoms. The summed E-state index contributed by atoms with van der Waals surface area (Å²) in [7, 11) is 4.68. The van der Waals surface area contributed by atoms with Crippen LogP contribution in [0.15, 0.2) is 46.3 Å². The summed E-state index contributed by atoms with van der Waals surface area (Å²) in [6.45, 7) is 0. The second-order valence-electron chi connectivity index (χ2n) is 5.41. The summed E-state index contributed by atoms with van der Waals surface area (Å²) in [6.07, 6.45) is 1.70. The van der Waals surface area contributed by atoms with Crippen LogP contribution in [0.2, 0.25) is 5.02 Å². The van der Waals surface area contributed by atoms with Crippen LogP contribution in [0.4, 0.5) is 5.69 Å². The van der Waals surface area contributed by atoms with E-state index in [1.165, 1.54) is 18.9 Å². The zero-order valence-electron chi connectivity index (χ0n) is 14.9. The topological polar surface area (TPSA) is 69.2 Å². The quantitative estimate of drug-likeness (QED) is 0.754. The SMILES string of the molecule is COc1ccc(N=C2NC(=O)/C(=C/c3cc(OC)c(OC)cc3Cl)S2)cc1. The first-order valence-electron chi connectivity index (χ1n) is 7.89. The number of carbonyl (C=O) groups is 1. The molecule has 3 rings (SSSR count). The van der Waals surface area contributed by atoms with Gasteiger partial charge in [0.1, 0.15) is 5.75 Å². The van der Waals surface area contributed by atoms with E-state index in [2.05, 4.69) is 10.3 Å². The summed E-state index contributed by atoms with van der Waals surface area (Å²) in [5, 5.41) is 3.69. The van der Waals surface area contributed by atoms with Gasteiger partial charge < -0.3 is 19.5 Å². The predicted octanol–water partition coefficient (Wildman–Crippen LogP) is 4.26. The Kier molecular flexibility index (Phi) is 5.93. The first kappa shape index (κ1) is 19.1. The van der Waals surface area contributed by atoms with E-state index in [1.807, 2.05) is 12.1 Å². The lowest BCUT2D eigenvalue weighted by atomic mass is 10.2. The van der Waals surface area contributed by atoms with E-state index in [0.717, 1.165) is 5.75 Å². The van der Waals surface area contributed by atoms with Gasteiger partial charge in [-0.05, 0) is 53.7 Å². The van der Waals surface area contributed by atoms with Gasteiger partial charge >= 0.3 is 0 Å². The number of aliphatic imine (C=N–C) groups is 1. The Labute approximate surface area is 166 Å².